The maximum atomic E-state index is 13.6. The number of nitrogens with one attached hydrogen (secondary N) is 1. The molecule has 5 N–H and O–H groups in total. The fourth-order valence-corrected chi connectivity index (χ4v) is 5.89. The average molecular weight is 629 g/mol. The van der Waals surface area contributed by atoms with Crippen LogP contribution in [0.4, 0.5) is 0 Å². The predicted molar refractivity (Wildman–Crippen MR) is 172 cm³/mol. The highest BCUT2D eigenvalue weighted by molar-refractivity contribution is 5.81. The molecule has 0 bridgehead atoms. The molecule has 0 radical (unpaired) electrons. The first-order chi connectivity index (χ1) is 21.3. The van der Waals surface area contributed by atoms with Gasteiger partial charge in [-0.25, -0.2) is 0 Å². The van der Waals surface area contributed by atoms with Crippen molar-refractivity contribution < 1.29 is 39.5 Å². The minimum Gasteiger partial charge on any atom is -0.481 e. The van der Waals surface area contributed by atoms with Gasteiger partial charge in [0.15, 0.2) is 6.23 Å². The van der Waals surface area contributed by atoms with Crippen molar-refractivity contribution in [2.75, 3.05) is 13.2 Å². The van der Waals surface area contributed by atoms with E-state index >= 15 is 0 Å². The number of unbranched alkanes of at least 4 members (excludes halogenated alkanes) is 17. The van der Waals surface area contributed by atoms with Gasteiger partial charge in [0, 0.05) is 19.4 Å². The van der Waals surface area contributed by atoms with E-state index in [0.717, 1.165) is 51.4 Å². The van der Waals surface area contributed by atoms with Crippen LogP contribution in [-0.2, 0) is 19.1 Å². The van der Waals surface area contributed by atoms with E-state index in [0.29, 0.717) is 13.0 Å². The average Bonchev–Trinajstić information content (AvgIpc) is 3.00. The number of hydrogen-bond donors (Lipinski definition) is 5. The molecule has 0 aromatic rings. The van der Waals surface area contributed by atoms with Crippen molar-refractivity contribution >= 4 is 17.8 Å². The Hall–Kier alpha value is -1.75. The van der Waals surface area contributed by atoms with Crippen molar-refractivity contribution in [2.24, 2.45) is 0 Å². The standard InChI is InChI=1S/C34H64N2O8/c1-3-5-7-9-11-13-15-17-19-21-25-36(29(39)22-20-18-16-14-12-10-8-6-4-2)34-31(35-28(38)23-24-30(40)41)33(43)32(42)27(26-37)44-34/h27,31-34,37,42-43H,3-26H2,1-2H3,(H,35,38)(H,40,41)/t27-,31+,32-,33-,34-/m1/s1. The Balaban J connectivity index is 2.84. The van der Waals surface area contributed by atoms with Crippen LogP contribution in [0.3, 0.4) is 0 Å². The quantitative estimate of drug-likeness (QED) is 0.0753. The Morgan fingerprint density at radius 2 is 1.14 bits per heavy atom. The summed E-state index contributed by atoms with van der Waals surface area (Å²) in [6.07, 6.45) is 15.9. The number of carboxylic acid groups (broad SMARTS) is 1. The molecule has 10 nitrogen and oxygen atoms in total. The molecule has 1 aliphatic heterocycles. The van der Waals surface area contributed by atoms with Crippen LogP contribution in [0.2, 0.25) is 0 Å². The van der Waals surface area contributed by atoms with Gasteiger partial charge in [0.25, 0.3) is 0 Å². The Kier molecular flexibility index (Phi) is 23.3. The van der Waals surface area contributed by atoms with Crippen molar-refractivity contribution in [3.63, 3.8) is 0 Å². The lowest BCUT2D eigenvalue weighted by molar-refractivity contribution is -0.231. The number of carbonyl (C=O) groups is 3. The van der Waals surface area contributed by atoms with E-state index in [-0.39, 0.29) is 18.7 Å². The van der Waals surface area contributed by atoms with Gasteiger partial charge in [0.2, 0.25) is 11.8 Å². The fraction of sp³-hybridized carbons (Fsp3) is 0.912. The van der Waals surface area contributed by atoms with E-state index in [9.17, 15) is 29.7 Å². The van der Waals surface area contributed by atoms with E-state index < -0.39 is 49.1 Å². The van der Waals surface area contributed by atoms with Crippen molar-refractivity contribution in [3.8, 4) is 0 Å². The molecule has 44 heavy (non-hydrogen) atoms. The Morgan fingerprint density at radius 3 is 1.61 bits per heavy atom. The first-order valence-corrected chi connectivity index (χ1v) is 17.7. The molecule has 2 amide bonds. The van der Waals surface area contributed by atoms with E-state index in [1.54, 1.807) is 4.90 Å². The van der Waals surface area contributed by atoms with Gasteiger partial charge in [0.05, 0.1) is 13.0 Å². The first kappa shape index (κ1) is 40.3. The third kappa shape index (κ3) is 17.1. The maximum Gasteiger partial charge on any atom is 0.303 e. The highest BCUT2D eigenvalue weighted by atomic mass is 16.5. The maximum absolute atomic E-state index is 13.6. The van der Waals surface area contributed by atoms with Crippen molar-refractivity contribution in [1.82, 2.24) is 10.2 Å². The summed E-state index contributed by atoms with van der Waals surface area (Å²) in [6.45, 7) is 4.22. The summed E-state index contributed by atoms with van der Waals surface area (Å²) in [7, 11) is 0. The summed E-state index contributed by atoms with van der Waals surface area (Å²) in [5, 5.41) is 42.9. The van der Waals surface area contributed by atoms with E-state index in [4.69, 9.17) is 9.84 Å². The third-order valence-electron chi connectivity index (χ3n) is 8.67. The number of aliphatic hydroxyl groups is 3. The van der Waals surface area contributed by atoms with E-state index in [2.05, 4.69) is 19.2 Å². The zero-order valence-electron chi connectivity index (χ0n) is 27.7. The summed E-state index contributed by atoms with van der Waals surface area (Å²) in [5.41, 5.74) is 0. The van der Waals surface area contributed by atoms with Gasteiger partial charge >= 0.3 is 5.97 Å². The van der Waals surface area contributed by atoms with Gasteiger partial charge in [-0.2, -0.15) is 0 Å². The van der Waals surface area contributed by atoms with Gasteiger partial charge in [-0.15, -0.1) is 0 Å². The molecule has 1 heterocycles. The largest absolute Gasteiger partial charge is 0.481 e. The second-order valence-corrected chi connectivity index (χ2v) is 12.6. The van der Waals surface area contributed by atoms with Gasteiger partial charge in [0.1, 0.15) is 24.4 Å². The Morgan fingerprint density at radius 1 is 0.659 bits per heavy atom. The van der Waals surface area contributed by atoms with Gasteiger partial charge in [-0.1, -0.05) is 123 Å². The molecule has 1 aliphatic rings. The Bertz CT molecular complexity index is 768. The lowest BCUT2D eigenvalue weighted by Gasteiger charge is -2.47. The number of hydrogen-bond acceptors (Lipinski definition) is 7. The van der Waals surface area contributed by atoms with Gasteiger partial charge < -0.3 is 35.4 Å². The van der Waals surface area contributed by atoms with Crippen LogP contribution < -0.4 is 5.32 Å². The molecule has 1 saturated heterocycles. The van der Waals surface area contributed by atoms with Crippen LogP contribution in [0.25, 0.3) is 0 Å². The number of nitrogens with zero attached hydrogens (tertiary/aromatic N) is 1. The van der Waals surface area contributed by atoms with Crippen molar-refractivity contribution in [3.05, 3.63) is 0 Å². The summed E-state index contributed by atoms with van der Waals surface area (Å²) >= 11 is 0. The minimum atomic E-state index is -1.50. The molecular weight excluding hydrogens is 564 g/mol. The molecule has 0 spiro atoms. The molecule has 1 fully saturated rings. The minimum absolute atomic E-state index is 0.154. The number of aliphatic carboxylic acids is 1. The smallest absolute Gasteiger partial charge is 0.303 e. The van der Waals surface area contributed by atoms with Crippen LogP contribution in [0.1, 0.15) is 155 Å². The van der Waals surface area contributed by atoms with Gasteiger partial charge in [-0.05, 0) is 12.8 Å². The number of rotatable bonds is 27. The second-order valence-electron chi connectivity index (χ2n) is 12.6. The number of carbonyl (C=O) groups excluding carboxylic acids is 2. The topological polar surface area (TPSA) is 157 Å². The summed E-state index contributed by atoms with van der Waals surface area (Å²) in [4.78, 5) is 38.7. The molecule has 0 aliphatic carbocycles. The SMILES string of the molecule is CCCCCCCCCCCCN(C(=O)CCCCCCCCCCC)[C@@H]1O[C@H](CO)[C@@H](O)[C@H](O)[C@@H]1NC(=O)CCC(=O)O. The zero-order chi connectivity index (χ0) is 32.6. The predicted octanol–water partition coefficient (Wildman–Crippen LogP) is 5.45. The summed E-state index contributed by atoms with van der Waals surface area (Å²) in [5.74, 6) is -1.90. The summed E-state index contributed by atoms with van der Waals surface area (Å²) in [6, 6.07) is -1.16. The molecule has 0 saturated carbocycles. The number of amides is 2. The van der Waals surface area contributed by atoms with Crippen LogP contribution in [0, 0.1) is 0 Å². The molecular formula is C34H64N2O8. The molecule has 0 aromatic carbocycles. The molecule has 0 aromatic heterocycles. The van der Waals surface area contributed by atoms with Crippen LogP contribution in [-0.4, -0.2) is 86.8 Å². The normalized spacial score (nSPS) is 21.7. The second kappa shape index (κ2) is 25.4. The van der Waals surface area contributed by atoms with Gasteiger partial charge in [-0.3, -0.25) is 14.4 Å². The molecule has 10 heteroatoms. The highest BCUT2D eigenvalue weighted by Crippen LogP contribution is 2.26. The van der Waals surface area contributed by atoms with Crippen LogP contribution in [0.5, 0.6) is 0 Å². The van der Waals surface area contributed by atoms with Crippen LogP contribution in [0.15, 0.2) is 0 Å². The summed E-state index contributed by atoms with van der Waals surface area (Å²) < 4.78 is 5.99. The lowest BCUT2D eigenvalue weighted by Crippen LogP contribution is -2.68. The first-order valence-electron chi connectivity index (χ1n) is 17.7. The molecule has 0 unspecified atom stereocenters. The zero-order valence-corrected chi connectivity index (χ0v) is 27.7. The Labute approximate surface area is 266 Å². The molecule has 5 atom stereocenters. The van der Waals surface area contributed by atoms with Crippen LogP contribution >= 0.6 is 0 Å². The third-order valence-corrected chi connectivity index (χ3v) is 8.67. The van der Waals surface area contributed by atoms with E-state index in [1.807, 2.05) is 0 Å². The fourth-order valence-electron chi connectivity index (χ4n) is 5.89. The van der Waals surface area contributed by atoms with Crippen molar-refractivity contribution in [1.29, 1.82) is 0 Å². The highest BCUT2D eigenvalue weighted by Gasteiger charge is 2.48. The number of aliphatic hydroxyl groups excluding tert-OH is 3. The number of ether oxygens (including phenoxy) is 1. The molecule has 1 rings (SSSR count). The lowest BCUT2D eigenvalue weighted by atomic mass is 9.94. The van der Waals surface area contributed by atoms with E-state index in [1.165, 1.54) is 70.6 Å². The van der Waals surface area contributed by atoms with Crippen molar-refractivity contribution in [2.45, 2.75) is 186 Å². The molecule has 258 valence electrons. The number of carboxylic acids is 1. The monoisotopic (exact) mass is 628 g/mol.